The van der Waals surface area contributed by atoms with Crippen molar-refractivity contribution in [2.45, 2.75) is 19.7 Å². The molecule has 0 unspecified atom stereocenters. The van der Waals surface area contributed by atoms with Crippen molar-refractivity contribution in [1.29, 1.82) is 5.26 Å². The Kier molecular flexibility index (Phi) is 3.96. The maximum absolute atomic E-state index is 12.1. The lowest BCUT2D eigenvalue weighted by molar-refractivity contribution is -0.275. The van der Waals surface area contributed by atoms with E-state index in [4.69, 9.17) is 5.26 Å². The van der Waals surface area contributed by atoms with Crippen molar-refractivity contribution in [3.63, 3.8) is 0 Å². The zero-order chi connectivity index (χ0) is 12.3. The highest BCUT2D eigenvalue weighted by molar-refractivity contribution is 14.1. The van der Waals surface area contributed by atoms with Crippen molar-refractivity contribution in [2.75, 3.05) is 0 Å². The van der Waals surface area contributed by atoms with Crippen molar-refractivity contribution in [3.05, 3.63) is 21.0 Å². The van der Waals surface area contributed by atoms with Crippen LogP contribution in [0.5, 0.6) is 5.75 Å². The highest BCUT2D eigenvalue weighted by Crippen LogP contribution is 2.31. The van der Waals surface area contributed by atoms with Crippen LogP contribution in [0.2, 0.25) is 0 Å². The molecule has 1 heterocycles. The molecule has 0 aliphatic rings. The zero-order valence-electron chi connectivity index (χ0n) is 8.10. The molecule has 1 aromatic heterocycles. The van der Waals surface area contributed by atoms with Crippen LogP contribution in [0.15, 0.2) is 6.20 Å². The lowest BCUT2D eigenvalue weighted by atomic mass is 10.1. The van der Waals surface area contributed by atoms with Gasteiger partial charge in [0.15, 0.2) is 0 Å². The number of alkyl halides is 3. The summed E-state index contributed by atoms with van der Waals surface area (Å²) in [6.07, 6.45) is -3.65. The zero-order valence-corrected chi connectivity index (χ0v) is 10.3. The number of hydrogen-bond donors (Lipinski definition) is 0. The molecule has 16 heavy (non-hydrogen) atoms. The molecule has 0 N–H and O–H groups in total. The Labute approximate surface area is 103 Å². The standard InChI is InChI=1S/C9H6F3IN2O/c1-5-4-15-8(13)6(2-3-14)7(5)16-9(10,11)12/h4H,2H2,1H3. The molecule has 0 saturated carbocycles. The predicted molar refractivity (Wildman–Crippen MR) is 57.7 cm³/mol. The van der Waals surface area contributed by atoms with Gasteiger partial charge in [-0.3, -0.25) is 0 Å². The van der Waals surface area contributed by atoms with Crippen molar-refractivity contribution in [2.24, 2.45) is 0 Å². The number of rotatable bonds is 2. The highest BCUT2D eigenvalue weighted by atomic mass is 127. The molecule has 0 aliphatic heterocycles. The molecule has 0 fully saturated rings. The minimum atomic E-state index is -4.76. The van der Waals surface area contributed by atoms with E-state index in [0.717, 1.165) is 0 Å². The second kappa shape index (κ2) is 4.86. The average Bonchev–Trinajstić information content (AvgIpc) is 2.15. The largest absolute Gasteiger partial charge is 0.573 e. The average molecular weight is 342 g/mol. The first-order valence-electron chi connectivity index (χ1n) is 4.12. The third-order valence-corrected chi connectivity index (χ3v) is 2.66. The number of aromatic nitrogens is 1. The smallest absolute Gasteiger partial charge is 0.405 e. The molecule has 0 aliphatic carbocycles. The molecule has 0 saturated heterocycles. The highest BCUT2D eigenvalue weighted by Gasteiger charge is 2.33. The maximum atomic E-state index is 12.1. The first kappa shape index (κ1) is 13.0. The normalized spacial score (nSPS) is 11.0. The van der Waals surface area contributed by atoms with Gasteiger partial charge in [0.1, 0.15) is 9.45 Å². The van der Waals surface area contributed by atoms with Crippen LogP contribution >= 0.6 is 22.6 Å². The van der Waals surface area contributed by atoms with Crippen molar-refractivity contribution < 1.29 is 17.9 Å². The van der Waals surface area contributed by atoms with Gasteiger partial charge in [-0.2, -0.15) is 5.26 Å². The fraction of sp³-hybridized carbons (Fsp3) is 0.333. The van der Waals surface area contributed by atoms with Crippen LogP contribution in [0, 0.1) is 22.0 Å². The molecule has 0 amide bonds. The number of halogens is 4. The van der Waals surface area contributed by atoms with Crippen molar-refractivity contribution in [3.8, 4) is 11.8 Å². The van der Waals surface area contributed by atoms with E-state index < -0.39 is 6.36 Å². The first-order valence-corrected chi connectivity index (χ1v) is 5.19. The predicted octanol–water partition coefficient (Wildman–Crippen LogP) is 2.96. The van der Waals surface area contributed by atoms with Gasteiger partial charge in [0, 0.05) is 17.3 Å². The van der Waals surface area contributed by atoms with Gasteiger partial charge in [-0.25, -0.2) is 4.98 Å². The van der Waals surface area contributed by atoms with E-state index >= 15 is 0 Å². The second-order valence-corrected chi connectivity index (χ2v) is 3.94. The minimum absolute atomic E-state index is 0.167. The molecule has 1 aromatic rings. The molecule has 0 spiro atoms. The van der Waals surface area contributed by atoms with Crippen LogP contribution in [0.1, 0.15) is 11.1 Å². The molecular formula is C9H6F3IN2O. The number of nitriles is 1. The van der Waals surface area contributed by atoms with Crippen LogP contribution < -0.4 is 4.74 Å². The molecule has 0 atom stereocenters. The molecular weight excluding hydrogens is 336 g/mol. The summed E-state index contributed by atoms with van der Waals surface area (Å²) >= 11 is 1.77. The van der Waals surface area contributed by atoms with Crippen LogP contribution in [0.25, 0.3) is 0 Å². The molecule has 0 bridgehead atoms. The van der Waals surface area contributed by atoms with Crippen molar-refractivity contribution in [1.82, 2.24) is 4.98 Å². The molecule has 0 radical (unpaired) electrons. The van der Waals surface area contributed by atoms with Gasteiger partial charge in [-0.05, 0) is 29.5 Å². The van der Waals surface area contributed by atoms with Crippen LogP contribution in [0.3, 0.4) is 0 Å². The van der Waals surface area contributed by atoms with Gasteiger partial charge in [0.05, 0.1) is 12.5 Å². The minimum Gasteiger partial charge on any atom is -0.405 e. The summed E-state index contributed by atoms with van der Waals surface area (Å²) in [5.41, 5.74) is 0.420. The summed E-state index contributed by atoms with van der Waals surface area (Å²) in [5.74, 6) is -0.326. The second-order valence-electron chi connectivity index (χ2n) is 2.92. The third-order valence-electron chi connectivity index (χ3n) is 1.73. The number of pyridine rings is 1. The van der Waals surface area contributed by atoms with Gasteiger partial charge in [-0.15, -0.1) is 13.2 Å². The number of hydrogen-bond acceptors (Lipinski definition) is 3. The van der Waals surface area contributed by atoms with E-state index in [2.05, 4.69) is 9.72 Å². The SMILES string of the molecule is Cc1cnc(I)c(CC#N)c1OC(F)(F)F. The molecule has 3 nitrogen and oxygen atoms in total. The Morgan fingerprint density at radius 2 is 2.19 bits per heavy atom. The van der Waals surface area contributed by atoms with E-state index in [9.17, 15) is 13.2 Å². The Balaban J connectivity index is 3.24. The van der Waals surface area contributed by atoms with Crippen LogP contribution in [0.4, 0.5) is 13.2 Å². The Morgan fingerprint density at radius 3 is 2.69 bits per heavy atom. The molecule has 0 aromatic carbocycles. The maximum Gasteiger partial charge on any atom is 0.573 e. The quantitative estimate of drug-likeness (QED) is 0.613. The lowest BCUT2D eigenvalue weighted by Gasteiger charge is -2.14. The summed E-state index contributed by atoms with van der Waals surface area (Å²) < 4.78 is 40.7. The number of nitrogens with zero attached hydrogens (tertiary/aromatic N) is 2. The first-order chi connectivity index (χ1) is 7.35. The molecule has 1 rings (SSSR count). The van der Waals surface area contributed by atoms with E-state index in [1.807, 2.05) is 0 Å². The van der Waals surface area contributed by atoms with E-state index in [0.29, 0.717) is 3.70 Å². The van der Waals surface area contributed by atoms with E-state index in [-0.39, 0.29) is 23.3 Å². The van der Waals surface area contributed by atoms with Gasteiger partial charge >= 0.3 is 6.36 Å². The van der Waals surface area contributed by atoms with Crippen LogP contribution in [-0.4, -0.2) is 11.3 Å². The topological polar surface area (TPSA) is 45.9 Å². The summed E-state index contributed by atoms with van der Waals surface area (Å²) in [6, 6.07) is 1.79. The fourth-order valence-electron chi connectivity index (χ4n) is 1.11. The van der Waals surface area contributed by atoms with Crippen LogP contribution in [-0.2, 0) is 6.42 Å². The Bertz CT molecular complexity index is 440. The van der Waals surface area contributed by atoms with Gasteiger partial charge in [0.25, 0.3) is 0 Å². The molecule has 7 heteroatoms. The number of ether oxygens (including phenoxy) is 1. The van der Waals surface area contributed by atoms with E-state index in [1.54, 1.807) is 28.7 Å². The summed E-state index contributed by atoms with van der Waals surface area (Å²) in [6.45, 7) is 1.45. The summed E-state index contributed by atoms with van der Waals surface area (Å²) in [7, 11) is 0. The Hall–Kier alpha value is -1.04. The summed E-state index contributed by atoms with van der Waals surface area (Å²) in [5, 5.41) is 8.54. The van der Waals surface area contributed by atoms with Gasteiger partial charge in [-0.1, -0.05) is 0 Å². The third kappa shape index (κ3) is 3.23. The monoisotopic (exact) mass is 342 g/mol. The van der Waals surface area contributed by atoms with E-state index in [1.165, 1.54) is 13.1 Å². The van der Waals surface area contributed by atoms with Gasteiger partial charge in [0.2, 0.25) is 0 Å². The van der Waals surface area contributed by atoms with Crippen molar-refractivity contribution >= 4 is 22.6 Å². The summed E-state index contributed by atoms with van der Waals surface area (Å²) in [4.78, 5) is 3.88. The number of aryl methyl sites for hydroxylation is 1. The Morgan fingerprint density at radius 1 is 1.56 bits per heavy atom. The fourth-order valence-corrected chi connectivity index (χ4v) is 1.69. The lowest BCUT2D eigenvalue weighted by Crippen LogP contribution is -2.19. The molecule has 86 valence electrons. The van der Waals surface area contributed by atoms with Gasteiger partial charge < -0.3 is 4.74 Å².